The second-order valence-corrected chi connectivity index (χ2v) is 8.50. The Balaban J connectivity index is 1.63. The largest absolute Gasteiger partial charge is 0.322 e. The average Bonchev–Trinajstić information content (AvgIpc) is 2.78. The third kappa shape index (κ3) is 6.09. The van der Waals surface area contributed by atoms with Crippen molar-refractivity contribution in [3.63, 3.8) is 0 Å². The molecule has 1 amide bonds. The van der Waals surface area contributed by atoms with Crippen LogP contribution in [0.2, 0.25) is 0 Å². The smallest absolute Gasteiger partial charge is 0.264 e. The second-order valence-electron chi connectivity index (χ2n) is 6.81. The number of hydrogen-bond donors (Lipinski definition) is 2. The second kappa shape index (κ2) is 10.1. The molecular weight excluding hydrogens is 414 g/mol. The average molecular weight is 440 g/mol. The first kappa shape index (κ1) is 22.4. The Morgan fingerprint density at radius 2 is 1.55 bits per heavy atom. The SMILES string of the molecule is CCN(CC)Cc1ccc(C(=O)Nc2ccc(S(=O)(=O)Nc3ncccn3)cc2)cc1. The molecule has 162 valence electrons. The van der Waals surface area contributed by atoms with E-state index in [0.717, 1.165) is 25.2 Å². The summed E-state index contributed by atoms with van der Waals surface area (Å²) in [5.41, 5.74) is 2.17. The van der Waals surface area contributed by atoms with E-state index in [2.05, 4.69) is 38.8 Å². The standard InChI is InChI=1S/C22H25N5O3S/c1-3-27(4-2)16-17-6-8-18(9-7-17)21(28)25-19-10-12-20(13-11-19)31(29,30)26-22-23-14-5-15-24-22/h5-15H,3-4,16H2,1-2H3,(H,25,28)(H,23,24,26). The molecule has 2 N–H and O–H groups in total. The minimum absolute atomic E-state index is 0.00989. The number of sulfonamides is 1. The number of benzene rings is 2. The van der Waals surface area contributed by atoms with Crippen LogP contribution in [0.1, 0.15) is 29.8 Å². The lowest BCUT2D eigenvalue weighted by molar-refractivity contribution is 0.102. The summed E-state index contributed by atoms with van der Waals surface area (Å²) in [7, 11) is -3.82. The number of carbonyl (C=O) groups is 1. The van der Waals surface area contributed by atoms with Crippen LogP contribution in [0.25, 0.3) is 0 Å². The van der Waals surface area contributed by atoms with Gasteiger partial charge in [0.2, 0.25) is 5.95 Å². The predicted octanol–water partition coefficient (Wildman–Crippen LogP) is 3.37. The number of amides is 1. The van der Waals surface area contributed by atoms with Crippen LogP contribution in [-0.2, 0) is 16.6 Å². The van der Waals surface area contributed by atoms with Gasteiger partial charge in [-0.3, -0.25) is 9.69 Å². The molecule has 9 heteroatoms. The molecule has 0 aliphatic carbocycles. The van der Waals surface area contributed by atoms with Crippen LogP contribution in [0.3, 0.4) is 0 Å². The molecule has 3 rings (SSSR count). The van der Waals surface area contributed by atoms with Gasteiger partial charge in [0.25, 0.3) is 15.9 Å². The highest BCUT2D eigenvalue weighted by molar-refractivity contribution is 7.92. The zero-order valence-electron chi connectivity index (χ0n) is 17.4. The molecule has 0 radical (unpaired) electrons. The van der Waals surface area contributed by atoms with E-state index in [4.69, 9.17) is 0 Å². The summed E-state index contributed by atoms with van der Waals surface area (Å²) < 4.78 is 27.2. The van der Waals surface area contributed by atoms with Crippen LogP contribution in [0.15, 0.2) is 71.9 Å². The molecule has 0 bridgehead atoms. The van der Waals surface area contributed by atoms with Crippen molar-refractivity contribution < 1.29 is 13.2 Å². The van der Waals surface area contributed by atoms with E-state index in [1.54, 1.807) is 18.2 Å². The van der Waals surface area contributed by atoms with Gasteiger partial charge < -0.3 is 5.32 Å². The van der Waals surface area contributed by atoms with Crippen LogP contribution in [0, 0.1) is 0 Å². The van der Waals surface area contributed by atoms with Crippen molar-refractivity contribution in [1.29, 1.82) is 0 Å². The maximum absolute atomic E-state index is 12.5. The van der Waals surface area contributed by atoms with Gasteiger partial charge >= 0.3 is 0 Å². The van der Waals surface area contributed by atoms with Gasteiger partial charge in [-0.05, 0) is 61.1 Å². The summed E-state index contributed by atoms with van der Waals surface area (Å²) in [6.07, 6.45) is 2.89. The molecular formula is C22H25N5O3S. The lowest BCUT2D eigenvalue weighted by Crippen LogP contribution is -2.22. The third-order valence-corrected chi connectivity index (χ3v) is 6.07. The molecule has 3 aromatic rings. The first-order valence-electron chi connectivity index (χ1n) is 9.94. The normalized spacial score (nSPS) is 11.3. The Hall–Kier alpha value is -3.30. The molecule has 0 saturated heterocycles. The number of rotatable bonds is 9. The van der Waals surface area contributed by atoms with Crippen molar-refractivity contribution in [1.82, 2.24) is 14.9 Å². The molecule has 0 atom stereocenters. The molecule has 2 aromatic carbocycles. The molecule has 31 heavy (non-hydrogen) atoms. The number of nitrogens with zero attached hydrogens (tertiary/aromatic N) is 3. The van der Waals surface area contributed by atoms with E-state index in [-0.39, 0.29) is 16.8 Å². The Morgan fingerprint density at radius 3 is 2.13 bits per heavy atom. The minimum Gasteiger partial charge on any atom is -0.322 e. The highest BCUT2D eigenvalue weighted by Gasteiger charge is 2.16. The van der Waals surface area contributed by atoms with Crippen LogP contribution < -0.4 is 10.0 Å². The van der Waals surface area contributed by atoms with Gasteiger partial charge in [0, 0.05) is 30.2 Å². The highest BCUT2D eigenvalue weighted by Crippen LogP contribution is 2.17. The zero-order valence-corrected chi connectivity index (χ0v) is 18.3. The zero-order chi connectivity index (χ0) is 22.3. The molecule has 0 aliphatic heterocycles. The van der Waals surface area contributed by atoms with Gasteiger partial charge in [-0.15, -0.1) is 0 Å². The van der Waals surface area contributed by atoms with Crippen molar-refractivity contribution in [2.45, 2.75) is 25.3 Å². The van der Waals surface area contributed by atoms with Gasteiger partial charge in [-0.1, -0.05) is 26.0 Å². The Bertz CT molecular complexity index is 1100. The van der Waals surface area contributed by atoms with E-state index >= 15 is 0 Å². The monoisotopic (exact) mass is 439 g/mol. The maximum atomic E-state index is 12.5. The number of aromatic nitrogens is 2. The fraction of sp³-hybridized carbons (Fsp3) is 0.227. The molecule has 1 aromatic heterocycles. The fourth-order valence-electron chi connectivity index (χ4n) is 2.92. The molecule has 8 nitrogen and oxygen atoms in total. The van der Waals surface area contributed by atoms with Gasteiger partial charge in [0.15, 0.2) is 0 Å². The van der Waals surface area contributed by atoms with E-state index in [1.165, 1.54) is 36.7 Å². The van der Waals surface area contributed by atoms with Crippen molar-refractivity contribution in [3.8, 4) is 0 Å². The third-order valence-electron chi connectivity index (χ3n) is 4.73. The number of anilines is 2. The molecule has 0 unspecified atom stereocenters. The van der Waals surface area contributed by atoms with E-state index in [0.29, 0.717) is 11.3 Å². The topological polar surface area (TPSA) is 104 Å². The van der Waals surface area contributed by atoms with Crippen LogP contribution in [0.4, 0.5) is 11.6 Å². The molecule has 0 spiro atoms. The first-order valence-corrected chi connectivity index (χ1v) is 11.4. The Morgan fingerprint density at radius 1 is 0.935 bits per heavy atom. The van der Waals surface area contributed by atoms with E-state index < -0.39 is 10.0 Å². The van der Waals surface area contributed by atoms with Gasteiger partial charge in [-0.2, -0.15) is 0 Å². The van der Waals surface area contributed by atoms with Crippen LogP contribution in [-0.4, -0.2) is 42.3 Å². The number of nitrogens with one attached hydrogen (secondary N) is 2. The molecule has 1 heterocycles. The lowest BCUT2D eigenvalue weighted by Gasteiger charge is -2.18. The summed E-state index contributed by atoms with van der Waals surface area (Å²) in [6, 6.07) is 14.9. The number of carbonyl (C=O) groups excluding carboxylic acids is 1. The summed E-state index contributed by atoms with van der Waals surface area (Å²) in [4.78, 5) is 22.6. The quantitative estimate of drug-likeness (QED) is 0.530. The van der Waals surface area contributed by atoms with E-state index in [9.17, 15) is 13.2 Å². The minimum atomic E-state index is -3.82. The van der Waals surface area contributed by atoms with Crippen molar-refractivity contribution >= 4 is 27.6 Å². The highest BCUT2D eigenvalue weighted by atomic mass is 32.2. The molecule has 0 aliphatic rings. The first-order chi connectivity index (χ1) is 14.9. The maximum Gasteiger partial charge on any atom is 0.264 e. The fourth-order valence-corrected chi connectivity index (χ4v) is 3.88. The van der Waals surface area contributed by atoms with Crippen LogP contribution >= 0.6 is 0 Å². The van der Waals surface area contributed by atoms with Gasteiger partial charge in [0.05, 0.1) is 4.90 Å². The summed E-state index contributed by atoms with van der Waals surface area (Å²) in [5, 5.41) is 2.78. The Labute approximate surface area is 182 Å². The van der Waals surface area contributed by atoms with Crippen LogP contribution in [0.5, 0.6) is 0 Å². The summed E-state index contributed by atoms with van der Waals surface area (Å²) in [6.45, 7) is 7.02. The van der Waals surface area contributed by atoms with E-state index in [1.807, 2.05) is 12.1 Å². The predicted molar refractivity (Wildman–Crippen MR) is 120 cm³/mol. The summed E-state index contributed by atoms with van der Waals surface area (Å²) in [5.74, 6) is -0.273. The Kier molecular flexibility index (Phi) is 7.32. The summed E-state index contributed by atoms with van der Waals surface area (Å²) >= 11 is 0. The van der Waals surface area contributed by atoms with Crippen molar-refractivity contribution in [2.24, 2.45) is 0 Å². The van der Waals surface area contributed by atoms with Gasteiger partial charge in [0.1, 0.15) is 0 Å². The molecule has 0 saturated carbocycles. The van der Waals surface area contributed by atoms with Crippen molar-refractivity contribution in [2.75, 3.05) is 23.1 Å². The van der Waals surface area contributed by atoms with Crippen molar-refractivity contribution in [3.05, 3.63) is 78.1 Å². The van der Waals surface area contributed by atoms with Gasteiger partial charge in [-0.25, -0.2) is 23.1 Å². The number of hydrogen-bond acceptors (Lipinski definition) is 6. The lowest BCUT2D eigenvalue weighted by atomic mass is 10.1. The molecule has 0 fully saturated rings.